The summed E-state index contributed by atoms with van der Waals surface area (Å²) in [5, 5.41) is 0. The summed E-state index contributed by atoms with van der Waals surface area (Å²) < 4.78 is 0. The number of nitrogens with zero attached hydrogens (tertiary/aromatic N) is 1. The Bertz CT molecular complexity index is 153. The molecule has 0 unspecified atom stereocenters. The maximum atomic E-state index is 5.87. The van der Waals surface area contributed by atoms with Gasteiger partial charge in [0.2, 0.25) is 0 Å². The molecule has 0 aromatic heterocycles. The zero-order valence-electron chi connectivity index (χ0n) is 10.3. The highest BCUT2D eigenvalue weighted by atomic mass is 35.5. The predicted molar refractivity (Wildman–Crippen MR) is 68.6 cm³/mol. The molecule has 2 heteroatoms. The van der Waals surface area contributed by atoms with E-state index in [9.17, 15) is 0 Å². The Labute approximate surface area is 100 Å². The van der Waals surface area contributed by atoms with Crippen molar-refractivity contribution in [2.45, 2.75) is 58.4 Å². The van der Waals surface area contributed by atoms with E-state index in [1.54, 1.807) is 0 Å². The van der Waals surface area contributed by atoms with Gasteiger partial charge >= 0.3 is 0 Å². The summed E-state index contributed by atoms with van der Waals surface area (Å²) in [6.07, 6.45) is 8.34. The van der Waals surface area contributed by atoms with Gasteiger partial charge in [-0.05, 0) is 38.1 Å². The Morgan fingerprint density at radius 2 is 1.87 bits per heavy atom. The van der Waals surface area contributed by atoms with Crippen LogP contribution in [-0.2, 0) is 0 Å². The number of hydrogen-bond donors (Lipinski definition) is 0. The van der Waals surface area contributed by atoms with E-state index >= 15 is 0 Å². The van der Waals surface area contributed by atoms with Gasteiger partial charge in [-0.2, -0.15) is 0 Å². The van der Waals surface area contributed by atoms with Crippen LogP contribution < -0.4 is 0 Å². The van der Waals surface area contributed by atoms with Crippen molar-refractivity contribution in [3.63, 3.8) is 0 Å². The number of alkyl halides is 1. The van der Waals surface area contributed by atoms with Gasteiger partial charge in [0, 0.05) is 18.5 Å². The molecule has 1 nitrogen and oxygen atoms in total. The van der Waals surface area contributed by atoms with Crippen LogP contribution >= 0.6 is 11.6 Å². The van der Waals surface area contributed by atoms with Crippen LogP contribution in [0.4, 0.5) is 0 Å². The molecule has 15 heavy (non-hydrogen) atoms. The van der Waals surface area contributed by atoms with Crippen LogP contribution in [-0.4, -0.2) is 29.9 Å². The van der Waals surface area contributed by atoms with Gasteiger partial charge in [-0.25, -0.2) is 0 Å². The lowest BCUT2D eigenvalue weighted by molar-refractivity contribution is 0.203. The first-order chi connectivity index (χ1) is 7.24. The van der Waals surface area contributed by atoms with Crippen molar-refractivity contribution in [1.29, 1.82) is 0 Å². The van der Waals surface area contributed by atoms with Crippen LogP contribution in [0.2, 0.25) is 0 Å². The number of halogens is 1. The summed E-state index contributed by atoms with van der Waals surface area (Å²) in [5.41, 5.74) is 0. The third kappa shape index (κ3) is 5.21. The lowest BCUT2D eigenvalue weighted by atomic mass is 10.1. The van der Waals surface area contributed by atoms with Crippen molar-refractivity contribution >= 4 is 11.6 Å². The molecule has 0 spiro atoms. The van der Waals surface area contributed by atoms with Gasteiger partial charge in [0.25, 0.3) is 0 Å². The van der Waals surface area contributed by atoms with Gasteiger partial charge in [0.1, 0.15) is 0 Å². The van der Waals surface area contributed by atoms with Gasteiger partial charge in [0.05, 0.1) is 0 Å². The van der Waals surface area contributed by atoms with Gasteiger partial charge in [0.15, 0.2) is 0 Å². The fraction of sp³-hybridized carbons (Fsp3) is 1.00. The lowest BCUT2D eigenvalue weighted by Crippen LogP contribution is -2.35. The van der Waals surface area contributed by atoms with Gasteiger partial charge in [-0.1, -0.05) is 26.7 Å². The molecule has 0 aliphatic heterocycles. The minimum Gasteiger partial charge on any atom is -0.299 e. The Morgan fingerprint density at radius 1 is 1.20 bits per heavy atom. The average Bonchev–Trinajstić information content (AvgIpc) is 2.68. The second-order valence-electron chi connectivity index (χ2n) is 5.20. The summed E-state index contributed by atoms with van der Waals surface area (Å²) in [5.74, 6) is 1.63. The number of hydrogen-bond acceptors (Lipinski definition) is 1. The summed E-state index contributed by atoms with van der Waals surface area (Å²) in [6, 6.07) is 0.843. The van der Waals surface area contributed by atoms with Crippen LogP contribution in [0.1, 0.15) is 52.4 Å². The van der Waals surface area contributed by atoms with Gasteiger partial charge in [-0.15, -0.1) is 11.6 Å². The summed E-state index contributed by atoms with van der Waals surface area (Å²) in [4.78, 5) is 2.63. The lowest BCUT2D eigenvalue weighted by Gasteiger charge is -2.28. The molecule has 1 aliphatic carbocycles. The normalized spacial score (nSPS) is 18.2. The molecule has 1 aliphatic rings. The molecule has 1 saturated carbocycles. The van der Waals surface area contributed by atoms with Crippen LogP contribution in [0.25, 0.3) is 0 Å². The third-order valence-corrected chi connectivity index (χ3v) is 3.61. The highest BCUT2D eigenvalue weighted by Gasteiger charge is 2.21. The smallest absolute Gasteiger partial charge is 0.0351 e. The van der Waals surface area contributed by atoms with Crippen LogP contribution in [0.3, 0.4) is 0 Å². The largest absolute Gasteiger partial charge is 0.299 e. The fourth-order valence-corrected chi connectivity index (χ4v) is 2.77. The molecule has 0 saturated heterocycles. The van der Waals surface area contributed by atoms with Gasteiger partial charge in [-0.3, -0.25) is 4.90 Å². The molecule has 1 fully saturated rings. The van der Waals surface area contributed by atoms with E-state index in [4.69, 9.17) is 11.6 Å². The maximum Gasteiger partial charge on any atom is 0.0351 e. The van der Waals surface area contributed by atoms with E-state index in [-0.39, 0.29) is 0 Å². The van der Waals surface area contributed by atoms with Crippen molar-refractivity contribution in [3.8, 4) is 0 Å². The first kappa shape index (κ1) is 13.3. The number of rotatable bonds is 7. The van der Waals surface area contributed by atoms with Crippen molar-refractivity contribution in [3.05, 3.63) is 0 Å². The van der Waals surface area contributed by atoms with Crippen LogP contribution in [0.15, 0.2) is 0 Å². The molecule has 0 heterocycles. The molecule has 0 aromatic carbocycles. The zero-order chi connectivity index (χ0) is 11.1. The summed E-state index contributed by atoms with van der Waals surface area (Å²) in [7, 11) is 0. The Kier molecular flexibility index (Phi) is 6.67. The Hall–Kier alpha value is 0.250. The highest BCUT2D eigenvalue weighted by molar-refractivity contribution is 6.18. The van der Waals surface area contributed by atoms with Crippen molar-refractivity contribution in [2.24, 2.45) is 5.92 Å². The first-order valence-corrected chi connectivity index (χ1v) is 7.07. The molecule has 0 amide bonds. The maximum absolute atomic E-state index is 5.87. The van der Waals surface area contributed by atoms with E-state index in [0.29, 0.717) is 0 Å². The van der Waals surface area contributed by atoms with E-state index in [2.05, 4.69) is 18.7 Å². The standard InChI is InChI=1S/C13H26ClN/c1-12(2)6-5-10-15(11-9-14)13-7-3-4-8-13/h12-13H,3-11H2,1-2H3. The average molecular weight is 232 g/mol. The molecule has 90 valence electrons. The van der Waals surface area contributed by atoms with Crippen molar-refractivity contribution in [1.82, 2.24) is 4.90 Å². The SMILES string of the molecule is CC(C)CCCN(CCCl)C1CCCC1. The van der Waals surface area contributed by atoms with E-state index < -0.39 is 0 Å². The predicted octanol–water partition coefficient (Wildman–Crippen LogP) is 3.91. The van der Waals surface area contributed by atoms with E-state index in [1.807, 2.05) is 0 Å². The van der Waals surface area contributed by atoms with Crippen molar-refractivity contribution in [2.75, 3.05) is 19.0 Å². The van der Waals surface area contributed by atoms with E-state index in [0.717, 1.165) is 24.4 Å². The molecule has 1 rings (SSSR count). The molecule has 0 aromatic rings. The second-order valence-corrected chi connectivity index (χ2v) is 5.58. The Balaban J connectivity index is 2.23. The first-order valence-electron chi connectivity index (χ1n) is 6.54. The van der Waals surface area contributed by atoms with Crippen LogP contribution in [0, 0.1) is 5.92 Å². The van der Waals surface area contributed by atoms with Crippen molar-refractivity contribution < 1.29 is 0 Å². The highest BCUT2D eigenvalue weighted by Crippen LogP contribution is 2.23. The summed E-state index contributed by atoms with van der Waals surface area (Å²) in [6.45, 7) is 6.96. The fourth-order valence-electron chi connectivity index (χ4n) is 2.56. The second kappa shape index (κ2) is 7.51. The molecule has 0 N–H and O–H groups in total. The molecule has 0 radical (unpaired) electrons. The van der Waals surface area contributed by atoms with Crippen LogP contribution in [0.5, 0.6) is 0 Å². The third-order valence-electron chi connectivity index (χ3n) is 3.44. The van der Waals surface area contributed by atoms with E-state index in [1.165, 1.54) is 45.1 Å². The Morgan fingerprint density at radius 3 is 2.40 bits per heavy atom. The summed E-state index contributed by atoms with van der Waals surface area (Å²) >= 11 is 5.87. The zero-order valence-corrected chi connectivity index (χ0v) is 11.1. The molecular formula is C13H26ClN. The monoisotopic (exact) mass is 231 g/mol. The minimum atomic E-state index is 0.790. The molecule has 0 bridgehead atoms. The molecule has 0 atom stereocenters. The van der Waals surface area contributed by atoms with Gasteiger partial charge < -0.3 is 0 Å². The minimum absolute atomic E-state index is 0.790. The quantitative estimate of drug-likeness (QED) is 0.601. The topological polar surface area (TPSA) is 3.24 Å². The molecular weight excluding hydrogens is 206 g/mol.